The summed E-state index contributed by atoms with van der Waals surface area (Å²) in [6.07, 6.45) is 1.72. The second-order valence-corrected chi connectivity index (χ2v) is 7.61. The number of aryl methyl sites for hydroxylation is 1. The van der Waals surface area contributed by atoms with Gasteiger partial charge in [0.25, 0.3) is 5.91 Å². The molecule has 0 unspecified atom stereocenters. The first-order valence-corrected chi connectivity index (χ1v) is 10.6. The molecule has 0 atom stereocenters. The molecule has 5 aromatic rings. The minimum Gasteiger partial charge on any atom is -0.493 e. The molecule has 8 heteroatoms. The fourth-order valence-electron chi connectivity index (χ4n) is 3.77. The van der Waals surface area contributed by atoms with Crippen LogP contribution in [0.1, 0.15) is 16.2 Å². The van der Waals surface area contributed by atoms with E-state index in [-0.39, 0.29) is 5.91 Å². The van der Waals surface area contributed by atoms with Gasteiger partial charge >= 0.3 is 0 Å². The highest BCUT2D eigenvalue weighted by Crippen LogP contribution is 2.34. The van der Waals surface area contributed by atoms with E-state index in [0.717, 1.165) is 11.3 Å². The van der Waals surface area contributed by atoms with Crippen molar-refractivity contribution in [3.05, 3.63) is 84.4 Å². The van der Waals surface area contributed by atoms with E-state index in [1.54, 1.807) is 62.4 Å². The predicted molar refractivity (Wildman–Crippen MR) is 129 cm³/mol. The summed E-state index contributed by atoms with van der Waals surface area (Å²) in [6, 6.07) is 20.4. The zero-order chi connectivity index (χ0) is 23.7. The van der Waals surface area contributed by atoms with Crippen molar-refractivity contribution in [3.8, 4) is 28.4 Å². The van der Waals surface area contributed by atoms with Gasteiger partial charge in [-0.2, -0.15) is 5.10 Å². The number of methoxy groups -OCH3 is 2. The number of oxazole rings is 1. The number of anilines is 1. The van der Waals surface area contributed by atoms with Crippen molar-refractivity contribution in [2.24, 2.45) is 0 Å². The molecule has 0 aliphatic heterocycles. The summed E-state index contributed by atoms with van der Waals surface area (Å²) in [6.45, 7) is 1.78. The Labute approximate surface area is 195 Å². The molecule has 34 heavy (non-hydrogen) atoms. The number of carbonyl (C=O) groups is 1. The summed E-state index contributed by atoms with van der Waals surface area (Å²) in [5.41, 5.74) is 4.43. The van der Waals surface area contributed by atoms with Gasteiger partial charge in [-0.15, -0.1) is 0 Å². The van der Waals surface area contributed by atoms with Crippen molar-refractivity contribution in [2.75, 3.05) is 19.5 Å². The summed E-state index contributed by atoms with van der Waals surface area (Å²) < 4.78 is 18.0. The maximum atomic E-state index is 13.4. The van der Waals surface area contributed by atoms with E-state index in [0.29, 0.717) is 45.4 Å². The molecule has 0 spiro atoms. The standard InChI is InChI=1S/C26H22N4O4/c1-16-27-21-14-18(10-12-22(21)34-16)28-26(31)20-15-30(19-7-5-4-6-8-19)29-25(20)17-9-11-23(32-2)24(13-17)33-3/h4-15H,1-3H3,(H,28,31). The van der Waals surface area contributed by atoms with Gasteiger partial charge in [0.2, 0.25) is 0 Å². The summed E-state index contributed by atoms with van der Waals surface area (Å²) in [4.78, 5) is 17.7. The molecule has 2 aromatic heterocycles. The SMILES string of the molecule is COc1ccc(-c2nn(-c3ccccc3)cc2C(=O)Nc2ccc3oc(C)nc3c2)cc1OC. The van der Waals surface area contributed by atoms with Crippen LogP contribution in [-0.4, -0.2) is 34.9 Å². The van der Waals surface area contributed by atoms with Gasteiger partial charge in [0, 0.05) is 24.4 Å². The van der Waals surface area contributed by atoms with Gasteiger partial charge in [-0.25, -0.2) is 9.67 Å². The second kappa shape index (κ2) is 8.74. The third-order valence-corrected chi connectivity index (χ3v) is 5.39. The quantitative estimate of drug-likeness (QED) is 0.376. The van der Waals surface area contributed by atoms with Crippen molar-refractivity contribution in [3.63, 3.8) is 0 Å². The minimum absolute atomic E-state index is 0.300. The first-order chi connectivity index (χ1) is 16.6. The average molecular weight is 454 g/mol. The Hall–Kier alpha value is -4.59. The highest BCUT2D eigenvalue weighted by molar-refractivity contribution is 6.08. The fraction of sp³-hybridized carbons (Fsp3) is 0.115. The minimum atomic E-state index is -0.300. The van der Waals surface area contributed by atoms with Crippen LogP contribution in [0.5, 0.6) is 11.5 Å². The largest absolute Gasteiger partial charge is 0.493 e. The molecular weight excluding hydrogens is 432 g/mol. The van der Waals surface area contributed by atoms with Crippen LogP contribution in [0.2, 0.25) is 0 Å². The van der Waals surface area contributed by atoms with E-state index in [4.69, 9.17) is 19.0 Å². The van der Waals surface area contributed by atoms with Crippen molar-refractivity contribution >= 4 is 22.7 Å². The lowest BCUT2D eigenvalue weighted by Gasteiger charge is -2.10. The number of carbonyl (C=O) groups excluding carboxylic acids is 1. The van der Waals surface area contributed by atoms with Gasteiger partial charge in [-0.1, -0.05) is 18.2 Å². The Kier molecular flexibility index (Phi) is 5.47. The van der Waals surface area contributed by atoms with Crippen LogP contribution in [0.25, 0.3) is 28.0 Å². The van der Waals surface area contributed by atoms with E-state index in [1.165, 1.54) is 0 Å². The first-order valence-electron chi connectivity index (χ1n) is 10.6. The predicted octanol–water partition coefficient (Wildman–Crippen LogP) is 5.26. The van der Waals surface area contributed by atoms with Gasteiger partial charge in [-0.3, -0.25) is 4.79 Å². The summed E-state index contributed by atoms with van der Waals surface area (Å²) >= 11 is 0. The Balaban J connectivity index is 1.56. The Morgan fingerprint density at radius 3 is 2.53 bits per heavy atom. The molecule has 0 saturated carbocycles. The lowest BCUT2D eigenvalue weighted by Crippen LogP contribution is -2.12. The Morgan fingerprint density at radius 2 is 1.76 bits per heavy atom. The molecule has 0 saturated heterocycles. The lowest BCUT2D eigenvalue weighted by molar-refractivity contribution is 0.102. The molecule has 5 rings (SSSR count). The van der Waals surface area contributed by atoms with Gasteiger partial charge in [0.1, 0.15) is 11.2 Å². The maximum Gasteiger partial charge on any atom is 0.259 e. The van der Waals surface area contributed by atoms with E-state index < -0.39 is 0 Å². The third-order valence-electron chi connectivity index (χ3n) is 5.39. The monoisotopic (exact) mass is 454 g/mol. The number of benzene rings is 3. The molecule has 8 nitrogen and oxygen atoms in total. The number of nitrogens with one attached hydrogen (secondary N) is 1. The summed E-state index contributed by atoms with van der Waals surface area (Å²) in [7, 11) is 3.15. The average Bonchev–Trinajstić information content (AvgIpc) is 3.47. The molecule has 0 radical (unpaired) electrons. The second-order valence-electron chi connectivity index (χ2n) is 7.61. The van der Waals surface area contributed by atoms with Gasteiger partial charge in [0.15, 0.2) is 23.0 Å². The molecule has 0 bridgehead atoms. The number of rotatable bonds is 6. The number of fused-ring (bicyclic) bond motifs is 1. The van der Waals surface area contributed by atoms with E-state index in [2.05, 4.69) is 10.3 Å². The van der Waals surface area contributed by atoms with E-state index >= 15 is 0 Å². The number of ether oxygens (including phenoxy) is 2. The normalized spacial score (nSPS) is 10.9. The number of amides is 1. The van der Waals surface area contributed by atoms with Crippen LogP contribution in [0, 0.1) is 6.92 Å². The molecule has 1 amide bonds. The van der Waals surface area contributed by atoms with Crippen molar-refractivity contribution < 1.29 is 18.7 Å². The van der Waals surface area contributed by atoms with Gasteiger partial charge < -0.3 is 19.2 Å². The number of para-hydroxylation sites is 1. The van der Waals surface area contributed by atoms with Crippen LogP contribution >= 0.6 is 0 Å². The first kappa shape index (κ1) is 21.3. The molecule has 0 aliphatic carbocycles. The van der Waals surface area contributed by atoms with Gasteiger partial charge in [0.05, 0.1) is 25.5 Å². The molecule has 2 heterocycles. The fourth-order valence-corrected chi connectivity index (χ4v) is 3.77. The van der Waals surface area contributed by atoms with Crippen LogP contribution in [-0.2, 0) is 0 Å². The number of hydrogen-bond donors (Lipinski definition) is 1. The van der Waals surface area contributed by atoms with Crippen LogP contribution in [0.15, 0.2) is 77.3 Å². The Morgan fingerprint density at radius 1 is 0.971 bits per heavy atom. The van der Waals surface area contributed by atoms with Gasteiger partial charge in [-0.05, 0) is 48.5 Å². The van der Waals surface area contributed by atoms with Crippen LogP contribution in [0.4, 0.5) is 5.69 Å². The highest BCUT2D eigenvalue weighted by atomic mass is 16.5. The van der Waals surface area contributed by atoms with E-state index in [1.807, 2.05) is 36.4 Å². The molecular formula is C26H22N4O4. The van der Waals surface area contributed by atoms with Crippen molar-refractivity contribution in [2.45, 2.75) is 6.92 Å². The maximum absolute atomic E-state index is 13.4. The number of hydrogen-bond acceptors (Lipinski definition) is 6. The van der Waals surface area contributed by atoms with Crippen molar-refractivity contribution in [1.82, 2.24) is 14.8 Å². The molecule has 0 aliphatic rings. The highest BCUT2D eigenvalue weighted by Gasteiger charge is 2.20. The van der Waals surface area contributed by atoms with Crippen LogP contribution in [0.3, 0.4) is 0 Å². The molecule has 3 aromatic carbocycles. The van der Waals surface area contributed by atoms with E-state index in [9.17, 15) is 4.79 Å². The zero-order valence-electron chi connectivity index (χ0n) is 18.9. The number of aromatic nitrogens is 3. The van der Waals surface area contributed by atoms with Crippen molar-refractivity contribution in [1.29, 1.82) is 0 Å². The summed E-state index contributed by atoms with van der Waals surface area (Å²) in [5, 5.41) is 7.69. The third kappa shape index (κ3) is 3.97. The molecule has 1 N–H and O–H groups in total. The lowest BCUT2D eigenvalue weighted by atomic mass is 10.1. The topological polar surface area (TPSA) is 91.4 Å². The zero-order valence-corrected chi connectivity index (χ0v) is 18.9. The van der Waals surface area contributed by atoms with Crippen LogP contribution < -0.4 is 14.8 Å². The smallest absolute Gasteiger partial charge is 0.259 e. The number of nitrogens with zero attached hydrogens (tertiary/aromatic N) is 3. The molecule has 170 valence electrons. The molecule has 0 fully saturated rings. The summed E-state index contributed by atoms with van der Waals surface area (Å²) in [5.74, 6) is 1.41. The Bertz CT molecular complexity index is 1490.